The fourth-order valence-corrected chi connectivity index (χ4v) is 8.29. The minimum atomic E-state index is -5.80. The Kier molecular flexibility index (Phi) is 6.23. The number of hydrogen-bond acceptors (Lipinski definition) is 2. The van der Waals surface area contributed by atoms with E-state index in [-0.39, 0.29) is 35.5 Å². The van der Waals surface area contributed by atoms with E-state index in [0.29, 0.717) is 38.5 Å². The number of amides is 2. The zero-order valence-electron chi connectivity index (χ0n) is 21.3. The van der Waals surface area contributed by atoms with E-state index in [2.05, 4.69) is 12.2 Å². The Balaban J connectivity index is 1.46. The number of benzene rings is 1. The third-order valence-electron chi connectivity index (χ3n) is 10.3. The Labute approximate surface area is 217 Å². The van der Waals surface area contributed by atoms with Crippen LogP contribution in [0, 0.1) is 34.5 Å². The molecule has 2 N–H and O–H groups in total. The largest absolute Gasteiger partial charge is 0.424 e. The van der Waals surface area contributed by atoms with E-state index in [1.807, 2.05) is 13.0 Å². The van der Waals surface area contributed by atoms with Gasteiger partial charge in [0.2, 0.25) is 11.8 Å². The van der Waals surface area contributed by atoms with Crippen LogP contribution in [0.25, 0.3) is 0 Å². The number of carbonyl (C=O) groups excluding carboxylic acids is 2. The second-order valence-corrected chi connectivity index (χ2v) is 12.0. The lowest BCUT2D eigenvalue weighted by Gasteiger charge is -2.57. The molecule has 3 fully saturated rings. The molecule has 0 aromatic heterocycles. The maximum atomic E-state index is 14.3. The predicted octanol–water partition coefficient (Wildman–Crippen LogP) is 6.39. The summed E-state index contributed by atoms with van der Waals surface area (Å²) in [5.41, 5.74) is -5.58. The summed E-state index contributed by atoms with van der Waals surface area (Å²) in [7, 11) is 0. The Bertz CT molecular complexity index is 1130. The Morgan fingerprint density at radius 2 is 1.61 bits per heavy atom. The van der Waals surface area contributed by atoms with Gasteiger partial charge < -0.3 is 10.6 Å². The number of fused-ring (bicyclic) bond motifs is 5. The van der Waals surface area contributed by atoms with Crippen molar-refractivity contribution in [2.45, 2.75) is 76.7 Å². The number of rotatable bonds is 3. The third-order valence-corrected chi connectivity index (χ3v) is 10.3. The average molecular weight is 543 g/mol. The van der Waals surface area contributed by atoms with Crippen LogP contribution < -0.4 is 10.6 Å². The fraction of sp³-hybridized carbons (Fsp3) is 0.643. The van der Waals surface area contributed by atoms with Gasteiger partial charge in [-0.1, -0.05) is 50.3 Å². The van der Waals surface area contributed by atoms with Gasteiger partial charge in [-0.25, -0.2) is 0 Å². The smallest absolute Gasteiger partial charge is 0.331 e. The van der Waals surface area contributed by atoms with E-state index in [4.69, 9.17) is 0 Å². The molecular formula is C28H32F6N2O2. The van der Waals surface area contributed by atoms with E-state index in [9.17, 15) is 35.9 Å². The summed E-state index contributed by atoms with van der Waals surface area (Å²) >= 11 is 0. The van der Waals surface area contributed by atoms with Crippen molar-refractivity contribution in [3.05, 3.63) is 47.7 Å². The fourth-order valence-electron chi connectivity index (χ4n) is 8.29. The highest BCUT2D eigenvalue weighted by atomic mass is 19.4. The molecule has 4 nitrogen and oxygen atoms in total. The number of carbonyl (C=O) groups is 2. The van der Waals surface area contributed by atoms with Gasteiger partial charge in [0.05, 0.1) is 0 Å². The Morgan fingerprint density at radius 1 is 0.947 bits per heavy atom. The van der Waals surface area contributed by atoms with Crippen molar-refractivity contribution in [2.24, 2.45) is 34.5 Å². The molecule has 0 bridgehead atoms. The quantitative estimate of drug-likeness (QED) is 0.435. The van der Waals surface area contributed by atoms with Gasteiger partial charge in [-0.2, -0.15) is 26.3 Å². The maximum absolute atomic E-state index is 14.3. The van der Waals surface area contributed by atoms with E-state index < -0.39 is 40.7 Å². The maximum Gasteiger partial charge on any atom is 0.424 e. The lowest BCUT2D eigenvalue weighted by molar-refractivity contribution is -0.312. The van der Waals surface area contributed by atoms with Crippen LogP contribution in [-0.2, 0) is 15.1 Å². The monoisotopic (exact) mass is 542 g/mol. The van der Waals surface area contributed by atoms with Crippen LogP contribution in [-0.4, -0.2) is 24.2 Å². The van der Waals surface area contributed by atoms with E-state index in [0.717, 1.165) is 30.0 Å². The summed E-state index contributed by atoms with van der Waals surface area (Å²) in [4.78, 5) is 25.5. The van der Waals surface area contributed by atoms with Crippen molar-refractivity contribution in [3.63, 3.8) is 0 Å². The summed E-state index contributed by atoms with van der Waals surface area (Å²) in [5, 5.41) is 4.51. The zero-order valence-corrected chi connectivity index (χ0v) is 21.3. The third kappa shape index (κ3) is 3.79. The number of nitrogens with one attached hydrogen (secondary N) is 2. The van der Waals surface area contributed by atoms with Crippen LogP contribution in [0.3, 0.4) is 0 Å². The molecular weight excluding hydrogens is 510 g/mol. The number of hydrogen-bond donors (Lipinski definition) is 2. The minimum Gasteiger partial charge on any atom is -0.331 e. The first kappa shape index (κ1) is 27.1. The van der Waals surface area contributed by atoms with Crippen molar-refractivity contribution in [1.29, 1.82) is 0 Å². The van der Waals surface area contributed by atoms with Crippen LogP contribution in [0.5, 0.6) is 0 Å². The zero-order chi connectivity index (χ0) is 27.7. The predicted molar refractivity (Wildman–Crippen MR) is 127 cm³/mol. The SMILES string of the molecule is C[C@]12CC[C@H]3[C@@H](CC=C4NC(=O)CC[C@@]43C)[C@@H]1CC[C@@H]2C(=O)NC(c1ccccc1)(C(F)(F)F)C(F)(F)F. The van der Waals surface area contributed by atoms with E-state index in [1.54, 1.807) is 0 Å². The Hall–Kier alpha value is -2.52. The molecule has 5 rings (SSSR count). The van der Waals surface area contributed by atoms with E-state index in [1.165, 1.54) is 11.4 Å². The van der Waals surface area contributed by atoms with Gasteiger partial charge in [-0.3, -0.25) is 9.59 Å². The number of halogens is 6. The van der Waals surface area contributed by atoms with E-state index >= 15 is 0 Å². The molecule has 6 atom stereocenters. The summed E-state index contributed by atoms with van der Waals surface area (Å²) in [6, 6.07) is 5.02. The summed E-state index contributed by atoms with van der Waals surface area (Å²) in [6.07, 6.45) is -5.74. The second kappa shape index (κ2) is 8.74. The van der Waals surface area contributed by atoms with Gasteiger partial charge in [-0.15, -0.1) is 0 Å². The van der Waals surface area contributed by atoms with Crippen LogP contribution in [0.4, 0.5) is 26.3 Å². The molecule has 2 saturated carbocycles. The Morgan fingerprint density at radius 3 is 2.24 bits per heavy atom. The van der Waals surface area contributed by atoms with Crippen molar-refractivity contribution in [1.82, 2.24) is 10.6 Å². The summed E-state index contributed by atoms with van der Waals surface area (Å²) < 4.78 is 85.9. The number of alkyl halides is 6. The van der Waals surface area contributed by atoms with Gasteiger partial charge >= 0.3 is 12.4 Å². The molecule has 4 aliphatic rings. The van der Waals surface area contributed by atoms with Crippen LogP contribution in [0.2, 0.25) is 0 Å². The van der Waals surface area contributed by atoms with Crippen molar-refractivity contribution in [3.8, 4) is 0 Å². The van der Waals surface area contributed by atoms with Crippen molar-refractivity contribution in [2.75, 3.05) is 0 Å². The first-order chi connectivity index (χ1) is 17.6. The number of allylic oxidation sites excluding steroid dienone is 2. The van der Waals surface area contributed by atoms with Crippen molar-refractivity contribution >= 4 is 11.8 Å². The molecule has 1 aliphatic heterocycles. The summed E-state index contributed by atoms with van der Waals surface area (Å²) in [5.74, 6) is -1.80. The lowest BCUT2D eigenvalue weighted by Crippen LogP contribution is -2.66. The normalized spacial score (nSPS) is 35.4. The molecule has 1 saturated heterocycles. The van der Waals surface area contributed by atoms with Crippen LogP contribution in [0.1, 0.15) is 64.4 Å². The first-order valence-corrected chi connectivity index (χ1v) is 13.2. The average Bonchev–Trinajstić information content (AvgIpc) is 3.19. The van der Waals surface area contributed by atoms with Gasteiger partial charge in [-0.05, 0) is 67.3 Å². The standard InChI is InChI=1S/C28H32F6N2O2/c1-24-14-12-19-17(8-11-21-25(19,2)15-13-22(37)35-21)18(24)9-10-20(24)23(38)36-26(27(29,30)31,28(32,33)34)16-6-4-3-5-7-16/h3-7,11,17-20H,8-10,12-15H2,1-2H3,(H,35,37)(H,36,38)/t17-,18-,19-,20+,24-,25+/m0/s1. The molecule has 1 aromatic carbocycles. The highest BCUT2D eigenvalue weighted by Crippen LogP contribution is 2.65. The van der Waals surface area contributed by atoms with Crippen molar-refractivity contribution < 1.29 is 35.9 Å². The van der Waals surface area contributed by atoms with Crippen LogP contribution >= 0.6 is 0 Å². The van der Waals surface area contributed by atoms with Gasteiger partial charge in [0.1, 0.15) is 0 Å². The topological polar surface area (TPSA) is 58.2 Å². The summed E-state index contributed by atoms with van der Waals surface area (Å²) in [6.45, 7) is 4.00. The van der Waals surface area contributed by atoms with Gasteiger partial charge in [0.25, 0.3) is 5.54 Å². The highest BCUT2D eigenvalue weighted by molar-refractivity contribution is 5.81. The molecule has 208 valence electrons. The molecule has 1 heterocycles. The molecule has 1 aromatic rings. The first-order valence-electron chi connectivity index (χ1n) is 13.2. The molecule has 2 amide bonds. The molecule has 10 heteroatoms. The molecule has 0 radical (unpaired) electrons. The van der Waals surface area contributed by atoms with Gasteiger partial charge in [0, 0.05) is 23.5 Å². The number of piperidine rings is 1. The lowest BCUT2D eigenvalue weighted by atomic mass is 9.49. The minimum absolute atomic E-state index is 0.00727. The molecule has 0 unspecified atom stereocenters. The molecule has 0 spiro atoms. The molecule has 3 aliphatic carbocycles. The molecule has 38 heavy (non-hydrogen) atoms. The van der Waals surface area contributed by atoms with Gasteiger partial charge in [0.15, 0.2) is 0 Å². The second-order valence-electron chi connectivity index (χ2n) is 12.0. The highest BCUT2D eigenvalue weighted by Gasteiger charge is 2.73. The van der Waals surface area contributed by atoms with Crippen LogP contribution in [0.15, 0.2) is 42.1 Å².